The summed E-state index contributed by atoms with van der Waals surface area (Å²) in [6.07, 6.45) is 4.73. The molecule has 0 aliphatic carbocycles. The third-order valence-corrected chi connectivity index (χ3v) is 3.86. The minimum Gasteiger partial charge on any atom is -0.469 e. The second kappa shape index (κ2) is 7.16. The highest BCUT2D eigenvalue weighted by atomic mass is 16.3. The van der Waals surface area contributed by atoms with Gasteiger partial charge < -0.3 is 14.6 Å². The highest BCUT2D eigenvalue weighted by Gasteiger charge is 2.22. The van der Waals surface area contributed by atoms with Crippen molar-refractivity contribution in [3.8, 4) is 0 Å². The van der Waals surface area contributed by atoms with Crippen LogP contribution in [0, 0.1) is 0 Å². The molecule has 116 valence electrons. The predicted molar refractivity (Wildman–Crippen MR) is 90.5 cm³/mol. The van der Waals surface area contributed by atoms with Crippen LogP contribution < -0.4 is 10.2 Å². The van der Waals surface area contributed by atoms with Gasteiger partial charge in [0.05, 0.1) is 6.26 Å². The number of rotatable bonds is 5. The van der Waals surface area contributed by atoms with E-state index in [0.29, 0.717) is 0 Å². The molecule has 1 aliphatic rings. The van der Waals surface area contributed by atoms with Crippen LogP contribution in [0.1, 0.15) is 24.7 Å². The molecule has 0 spiro atoms. The number of anilines is 1. The Bertz CT molecular complexity index is 619. The van der Waals surface area contributed by atoms with Gasteiger partial charge in [-0.2, -0.15) is 0 Å². The average Bonchev–Trinajstić information content (AvgIpc) is 3.20. The normalized spacial score (nSPS) is 14.2. The molecule has 0 amide bonds. The minimum atomic E-state index is 0.828. The van der Waals surface area contributed by atoms with E-state index in [2.05, 4.69) is 41.4 Å². The summed E-state index contributed by atoms with van der Waals surface area (Å²) in [4.78, 5) is 7.04. The van der Waals surface area contributed by atoms with E-state index in [-0.39, 0.29) is 0 Å². The zero-order valence-corrected chi connectivity index (χ0v) is 13.1. The summed E-state index contributed by atoms with van der Waals surface area (Å²) in [6.45, 7) is 4.83. The maximum Gasteiger partial charge on any atom is 0.198 e. The van der Waals surface area contributed by atoms with Crippen molar-refractivity contribution >= 4 is 11.6 Å². The first-order valence-electron chi connectivity index (χ1n) is 8.04. The van der Waals surface area contributed by atoms with Crippen LogP contribution in [0.5, 0.6) is 0 Å². The number of para-hydroxylation sites is 1. The first-order valence-corrected chi connectivity index (χ1v) is 8.04. The average molecular weight is 297 g/mol. The lowest BCUT2D eigenvalue weighted by Gasteiger charge is -2.22. The van der Waals surface area contributed by atoms with Gasteiger partial charge >= 0.3 is 0 Å². The van der Waals surface area contributed by atoms with E-state index in [1.165, 1.54) is 11.3 Å². The Labute approximate surface area is 131 Å². The molecule has 1 aromatic heterocycles. The Morgan fingerprint density at radius 2 is 2.18 bits per heavy atom. The lowest BCUT2D eigenvalue weighted by atomic mass is 10.2. The van der Waals surface area contributed by atoms with Crippen molar-refractivity contribution in [3.05, 3.63) is 54.0 Å². The molecule has 22 heavy (non-hydrogen) atoms. The molecule has 1 aromatic carbocycles. The van der Waals surface area contributed by atoms with E-state index >= 15 is 0 Å². The Hall–Kier alpha value is -2.23. The van der Waals surface area contributed by atoms with Gasteiger partial charge in [0, 0.05) is 31.7 Å². The molecule has 1 aliphatic heterocycles. The van der Waals surface area contributed by atoms with Gasteiger partial charge in [-0.1, -0.05) is 25.1 Å². The minimum absolute atomic E-state index is 0.828. The molecular formula is C18H23N3O. The predicted octanol–water partition coefficient (Wildman–Crippen LogP) is 3.24. The number of hydrogen-bond acceptors (Lipinski definition) is 2. The van der Waals surface area contributed by atoms with Gasteiger partial charge in [0.1, 0.15) is 5.76 Å². The number of furan rings is 1. The van der Waals surface area contributed by atoms with Crippen LogP contribution in [0.4, 0.5) is 5.69 Å². The van der Waals surface area contributed by atoms with Crippen LogP contribution >= 0.6 is 0 Å². The van der Waals surface area contributed by atoms with Crippen LogP contribution in [0.3, 0.4) is 0 Å². The fourth-order valence-corrected chi connectivity index (χ4v) is 2.76. The number of guanidine groups is 1. The third kappa shape index (κ3) is 3.32. The molecule has 0 saturated carbocycles. The molecule has 2 aromatic rings. The number of nitrogens with one attached hydrogen (secondary N) is 1. The molecule has 4 heteroatoms. The second-order valence-corrected chi connectivity index (χ2v) is 5.49. The summed E-state index contributed by atoms with van der Waals surface area (Å²) in [5, 5.41) is 3.49. The SMILES string of the molecule is CCCN=C(NCCc1ccco1)N1CCc2ccccc21. The first kappa shape index (κ1) is 14.7. The molecule has 0 unspecified atom stereocenters. The Kier molecular flexibility index (Phi) is 4.78. The molecule has 1 N–H and O–H groups in total. The number of aliphatic imine (C=N–C) groups is 1. The van der Waals surface area contributed by atoms with Gasteiger partial charge in [-0.25, -0.2) is 0 Å². The maximum atomic E-state index is 5.38. The van der Waals surface area contributed by atoms with Crippen molar-refractivity contribution in [2.75, 3.05) is 24.5 Å². The fourth-order valence-electron chi connectivity index (χ4n) is 2.76. The lowest BCUT2D eigenvalue weighted by molar-refractivity contribution is 0.507. The molecule has 0 saturated heterocycles. The van der Waals surface area contributed by atoms with Crippen molar-refractivity contribution < 1.29 is 4.42 Å². The van der Waals surface area contributed by atoms with Crippen molar-refractivity contribution in [2.24, 2.45) is 4.99 Å². The van der Waals surface area contributed by atoms with Gasteiger partial charge in [0.25, 0.3) is 0 Å². The van der Waals surface area contributed by atoms with Gasteiger partial charge in [-0.3, -0.25) is 4.99 Å². The van der Waals surface area contributed by atoms with Crippen LogP contribution in [0.2, 0.25) is 0 Å². The Morgan fingerprint density at radius 1 is 1.27 bits per heavy atom. The number of hydrogen-bond donors (Lipinski definition) is 1. The van der Waals surface area contributed by atoms with E-state index in [1.54, 1.807) is 6.26 Å². The van der Waals surface area contributed by atoms with Crippen molar-refractivity contribution in [3.63, 3.8) is 0 Å². The largest absolute Gasteiger partial charge is 0.469 e. The Morgan fingerprint density at radius 3 is 3.00 bits per heavy atom. The van der Waals surface area contributed by atoms with Crippen LogP contribution in [0.25, 0.3) is 0 Å². The zero-order chi connectivity index (χ0) is 15.2. The topological polar surface area (TPSA) is 40.8 Å². The molecule has 2 heterocycles. The van der Waals surface area contributed by atoms with Crippen LogP contribution in [-0.4, -0.2) is 25.6 Å². The van der Waals surface area contributed by atoms with E-state index in [4.69, 9.17) is 9.41 Å². The van der Waals surface area contributed by atoms with Gasteiger partial charge in [0.2, 0.25) is 0 Å². The van der Waals surface area contributed by atoms with E-state index in [9.17, 15) is 0 Å². The monoisotopic (exact) mass is 297 g/mol. The van der Waals surface area contributed by atoms with Crippen LogP contribution in [-0.2, 0) is 12.8 Å². The molecular weight excluding hydrogens is 274 g/mol. The Balaban J connectivity index is 1.68. The van der Waals surface area contributed by atoms with Crippen LogP contribution in [0.15, 0.2) is 52.1 Å². The molecule has 0 radical (unpaired) electrons. The number of nitrogens with zero attached hydrogens (tertiary/aromatic N) is 2. The van der Waals surface area contributed by atoms with Crippen molar-refractivity contribution in [1.29, 1.82) is 0 Å². The molecule has 0 bridgehead atoms. The van der Waals surface area contributed by atoms with Gasteiger partial charge in [-0.05, 0) is 36.6 Å². The smallest absolute Gasteiger partial charge is 0.198 e. The summed E-state index contributed by atoms with van der Waals surface area (Å²) in [5.41, 5.74) is 2.68. The summed E-state index contributed by atoms with van der Waals surface area (Å²) >= 11 is 0. The standard InChI is InChI=1S/C18H23N3O/c1-2-11-19-18(20-12-9-16-7-5-14-22-16)21-13-10-15-6-3-4-8-17(15)21/h3-8,14H,2,9-13H2,1H3,(H,19,20). The van der Waals surface area contributed by atoms with E-state index in [0.717, 1.165) is 50.6 Å². The van der Waals surface area contributed by atoms with E-state index < -0.39 is 0 Å². The molecule has 4 nitrogen and oxygen atoms in total. The summed E-state index contributed by atoms with van der Waals surface area (Å²) in [5.74, 6) is 1.99. The van der Waals surface area contributed by atoms with Crippen molar-refractivity contribution in [2.45, 2.75) is 26.2 Å². The summed E-state index contributed by atoms with van der Waals surface area (Å²) in [6, 6.07) is 12.5. The van der Waals surface area contributed by atoms with Crippen molar-refractivity contribution in [1.82, 2.24) is 5.32 Å². The first-order chi connectivity index (χ1) is 10.9. The number of fused-ring (bicyclic) bond motifs is 1. The summed E-state index contributed by atoms with van der Waals surface area (Å²) in [7, 11) is 0. The molecule has 0 atom stereocenters. The summed E-state index contributed by atoms with van der Waals surface area (Å²) < 4.78 is 5.38. The number of benzene rings is 1. The fraction of sp³-hybridized carbons (Fsp3) is 0.389. The van der Waals surface area contributed by atoms with E-state index in [1.807, 2.05) is 12.1 Å². The van der Waals surface area contributed by atoms with Gasteiger partial charge in [-0.15, -0.1) is 0 Å². The lowest BCUT2D eigenvalue weighted by Crippen LogP contribution is -2.41. The quantitative estimate of drug-likeness (QED) is 0.680. The third-order valence-electron chi connectivity index (χ3n) is 3.86. The maximum absolute atomic E-state index is 5.38. The second-order valence-electron chi connectivity index (χ2n) is 5.49. The highest BCUT2D eigenvalue weighted by molar-refractivity contribution is 5.97. The zero-order valence-electron chi connectivity index (χ0n) is 13.1. The highest BCUT2D eigenvalue weighted by Crippen LogP contribution is 2.27. The molecule has 3 rings (SSSR count). The van der Waals surface area contributed by atoms with Gasteiger partial charge in [0.15, 0.2) is 5.96 Å². The molecule has 0 fully saturated rings.